The Hall–Kier alpha value is -3.20. The molecule has 3 rings (SSSR count). The summed E-state index contributed by atoms with van der Waals surface area (Å²) in [4.78, 5) is 12.3. The van der Waals surface area contributed by atoms with Crippen molar-refractivity contribution >= 4 is 17.3 Å². The highest BCUT2D eigenvalue weighted by Gasteiger charge is 2.17. The van der Waals surface area contributed by atoms with E-state index < -0.39 is 6.04 Å². The summed E-state index contributed by atoms with van der Waals surface area (Å²) in [6.45, 7) is 1.95. The number of carbonyl (C=O) groups is 1. The lowest BCUT2D eigenvalue weighted by atomic mass is 10.2. The minimum atomic E-state index is -0.484. The van der Waals surface area contributed by atoms with Gasteiger partial charge in [0.15, 0.2) is 11.5 Å². The largest absolute Gasteiger partial charge is 0.454 e. The molecule has 0 fully saturated rings. The van der Waals surface area contributed by atoms with Gasteiger partial charge in [0.2, 0.25) is 12.7 Å². The molecule has 1 unspecified atom stereocenters. The van der Waals surface area contributed by atoms with E-state index in [1.165, 1.54) is 0 Å². The summed E-state index contributed by atoms with van der Waals surface area (Å²) in [5.74, 6) is 1.11. The summed E-state index contributed by atoms with van der Waals surface area (Å²) >= 11 is 0. The highest BCUT2D eigenvalue weighted by atomic mass is 16.7. The van der Waals surface area contributed by atoms with Gasteiger partial charge in [0, 0.05) is 11.8 Å². The molecule has 0 saturated heterocycles. The molecule has 1 aliphatic heterocycles. The molecule has 0 aromatic heterocycles. The second-order valence-corrected chi connectivity index (χ2v) is 5.08. The standard InChI is InChI=1S/C17H15N3O3/c1-11(17(21)20-14-5-3-2-4-12(14)9-18)19-13-6-7-15-16(8-13)23-10-22-15/h2-8,11,19H,10H2,1H3,(H,20,21). The number of anilines is 2. The summed E-state index contributed by atoms with van der Waals surface area (Å²) in [7, 11) is 0. The predicted octanol–water partition coefficient (Wildman–Crippen LogP) is 2.73. The van der Waals surface area contributed by atoms with Gasteiger partial charge in [-0.15, -0.1) is 0 Å². The maximum absolute atomic E-state index is 12.3. The van der Waals surface area contributed by atoms with Crippen LogP contribution in [0.4, 0.5) is 11.4 Å². The van der Waals surface area contributed by atoms with Crippen LogP contribution in [-0.4, -0.2) is 18.7 Å². The molecule has 0 spiro atoms. The van der Waals surface area contributed by atoms with Gasteiger partial charge in [-0.2, -0.15) is 5.26 Å². The number of fused-ring (bicyclic) bond motifs is 1. The van der Waals surface area contributed by atoms with Gasteiger partial charge in [-0.25, -0.2) is 0 Å². The number of hydrogen-bond donors (Lipinski definition) is 2. The van der Waals surface area contributed by atoms with E-state index in [2.05, 4.69) is 16.7 Å². The number of rotatable bonds is 4. The average Bonchev–Trinajstić information content (AvgIpc) is 3.03. The molecule has 0 saturated carbocycles. The van der Waals surface area contributed by atoms with Crippen molar-refractivity contribution in [2.45, 2.75) is 13.0 Å². The Morgan fingerprint density at radius 1 is 1.22 bits per heavy atom. The van der Waals surface area contributed by atoms with E-state index in [0.29, 0.717) is 22.7 Å². The Morgan fingerprint density at radius 2 is 2.00 bits per heavy atom. The minimum Gasteiger partial charge on any atom is -0.454 e. The third-order valence-corrected chi connectivity index (χ3v) is 3.45. The van der Waals surface area contributed by atoms with Gasteiger partial charge in [-0.05, 0) is 31.2 Å². The first kappa shape index (κ1) is 14.7. The highest BCUT2D eigenvalue weighted by Crippen LogP contribution is 2.34. The van der Waals surface area contributed by atoms with E-state index in [1.807, 2.05) is 6.07 Å². The third-order valence-electron chi connectivity index (χ3n) is 3.45. The lowest BCUT2D eigenvalue weighted by Gasteiger charge is -2.16. The summed E-state index contributed by atoms with van der Waals surface area (Å²) in [5.41, 5.74) is 1.68. The van der Waals surface area contributed by atoms with Crippen LogP contribution in [0, 0.1) is 11.3 Å². The van der Waals surface area contributed by atoms with Gasteiger partial charge in [0.05, 0.1) is 11.3 Å². The molecule has 116 valence electrons. The molecule has 1 heterocycles. The number of carbonyl (C=O) groups excluding carboxylic acids is 1. The Morgan fingerprint density at radius 3 is 2.83 bits per heavy atom. The van der Waals surface area contributed by atoms with Gasteiger partial charge < -0.3 is 20.1 Å². The second-order valence-electron chi connectivity index (χ2n) is 5.08. The van der Waals surface area contributed by atoms with E-state index in [9.17, 15) is 4.79 Å². The van der Waals surface area contributed by atoms with E-state index in [-0.39, 0.29) is 12.7 Å². The number of nitrogens with zero attached hydrogens (tertiary/aromatic N) is 1. The Bertz CT molecular complexity index is 783. The SMILES string of the molecule is CC(Nc1ccc2c(c1)OCO2)C(=O)Nc1ccccc1C#N. The van der Waals surface area contributed by atoms with Crippen molar-refractivity contribution in [3.8, 4) is 17.6 Å². The van der Waals surface area contributed by atoms with Crippen molar-refractivity contribution in [2.24, 2.45) is 0 Å². The maximum atomic E-state index is 12.3. The number of nitrogens with one attached hydrogen (secondary N) is 2. The van der Waals surface area contributed by atoms with E-state index in [1.54, 1.807) is 43.3 Å². The van der Waals surface area contributed by atoms with Crippen LogP contribution in [0.25, 0.3) is 0 Å². The number of nitriles is 1. The second kappa shape index (κ2) is 6.28. The Labute approximate surface area is 133 Å². The van der Waals surface area contributed by atoms with Crippen LogP contribution in [0.15, 0.2) is 42.5 Å². The molecule has 1 aliphatic rings. The van der Waals surface area contributed by atoms with Crippen LogP contribution in [0.5, 0.6) is 11.5 Å². The monoisotopic (exact) mass is 309 g/mol. The summed E-state index contributed by atoms with van der Waals surface area (Å²) < 4.78 is 10.6. The van der Waals surface area contributed by atoms with Gasteiger partial charge in [-0.3, -0.25) is 4.79 Å². The van der Waals surface area contributed by atoms with Gasteiger partial charge in [-0.1, -0.05) is 12.1 Å². The lowest BCUT2D eigenvalue weighted by molar-refractivity contribution is -0.116. The van der Waals surface area contributed by atoms with Crippen LogP contribution >= 0.6 is 0 Å². The normalized spacial score (nSPS) is 13.0. The fourth-order valence-electron chi connectivity index (χ4n) is 2.23. The first-order valence-corrected chi connectivity index (χ1v) is 7.13. The number of benzene rings is 2. The van der Waals surface area contributed by atoms with Crippen molar-refractivity contribution in [3.63, 3.8) is 0 Å². The lowest BCUT2D eigenvalue weighted by Crippen LogP contribution is -2.32. The van der Waals surface area contributed by atoms with Crippen LogP contribution < -0.4 is 20.1 Å². The van der Waals surface area contributed by atoms with Crippen molar-refractivity contribution in [2.75, 3.05) is 17.4 Å². The van der Waals surface area contributed by atoms with E-state index in [0.717, 1.165) is 5.69 Å². The molecule has 2 aromatic rings. The van der Waals surface area contributed by atoms with Crippen LogP contribution in [0.2, 0.25) is 0 Å². The number of amides is 1. The number of para-hydroxylation sites is 1. The molecule has 6 nitrogen and oxygen atoms in total. The zero-order valence-electron chi connectivity index (χ0n) is 12.5. The Kier molecular flexibility index (Phi) is 4.02. The van der Waals surface area contributed by atoms with Crippen LogP contribution in [0.1, 0.15) is 12.5 Å². The first-order chi connectivity index (χ1) is 11.2. The van der Waals surface area contributed by atoms with Crippen molar-refractivity contribution < 1.29 is 14.3 Å². The smallest absolute Gasteiger partial charge is 0.246 e. The first-order valence-electron chi connectivity index (χ1n) is 7.13. The fourth-order valence-corrected chi connectivity index (χ4v) is 2.23. The molecule has 2 N–H and O–H groups in total. The van der Waals surface area contributed by atoms with E-state index >= 15 is 0 Å². The topological polar surface area (TPSA) is 83.4 Å². The molecule has 1 atom stereocenters. The number of hydrogen-bond acceptors (Lipinski definition) is 5. The van der Waals surface area contributed by atoms with Crippen molar-refractivity contribution in [1.82, 2.24) is 0 Å². The molecule has 0 bridgehead atoms. The van der Waals surface area contributed by atoms with Crippen molar-refractivity contribution in [3.05, 3.63) is 48.0 Å². The summed E-state index contributed by atoms with van der Waals surface area (Å²) in [5, 5.41) is 14.9. The maximum Gasteiger partial charge on any atom is 0.246 e. The molecule has 0 aliphatic carbocycles. The molecular weight excluding hydrogens is 294 g/mol. The van der Waals surface area contributed by atoms with Gasteiger partial charge in [0.25, 0.3) is 0 Å². The minimum absolute atomic E-state index is 0.208. The quantitative estimate of drug-likeness (QED) is 0.907. The van der Waals surface area contributed by atoms with Crippen LogP contribution in [-0.2, 0) is 4.79 Å². The Balaban J connectivity index is 1.67. The predicted molar refractivity (Wildman–Crippen MR) is 85.4 cm³/mol. The molecule has 23 heavy (non-hydrogen) atoms. The van der Waals surface area contributed by atoms with E-state index in [4.69, 9.17) is 14.7 Å². The van der Waals surface area contributed by atoms with Gasteiger partial charge in [0.1, 0.15) is 12.1 Å². The molecular formula is C17H15N3O3. The fraction of sp³-hybridized carbons (Fsp3) is 0.176. The summed E-state index contributed by atoms with van der Waals surface area (Å²) in [6, 6.07) is 13.8. The molecule has 2 aromatic carbocycles. The molecule has 0 radical (unpaired) electrons. The van der Waals surface area contributed by atoms with Gasteiger partial charge >= 0.3 is 0 Å². The third kappa shape index (κ3) is 3.19. The molecule has 1 amide bonds. The number of ether oxygens (including phenoxy) is 2. The van der Waals surface area contributed by atoms with Crippen LogP contribution in [0.3, 0.4) is 0 Å². The average molecular weight is 309 g/mol. The zero-order chi connectivity index (χ0) is 16.2. The van der Waals surface area contributed by atoms with Crippen molar-refractivity contribution in [1.29, 1.82) is 5.26 Å². The zero-order valence-corrected chi connectivity index (χ0v) is 12.5. The molecule has 6 heteroatoms. The summed E-state index contributed by atoms with van der Waals surface area (Å²) in [6.07, 6.45) is 0. The highest BCUT2D eigenvalue weighted by molar-refractivity contribution is 5.97.